The summed E-state index contributed by atoms with van der Waals surface area (Å²) in [7, 11) is 1.78. The molecule has 0 radical (unpaired) electrons. The van der Waals surface area contributed by atoms with Crippen LogP contribution in [-0.2, 0) is 0 Å². The Balaban J connectivity index is 1.87. The largest absolute Gasteiger partial charge is 0.346 e. The highest BCUT2D eigenvalue weighted by Crippen LogP contribution is 2.24. The fourth-order valence-corrected chi connectivity index (χ4v) is 2.82. The van der Waals surface area contributed by atoms with Gasteiger partial charge < -0.3 is 9.88 Å². The smallest absolute Gasteiger partial charge is 0.254 e. The number of aromatic nitrogens is 4. The molecule has 0 bridgehead atoms. The van der Waals surface area contributed by atoms with E-state index in [2.05, 4.69) is 19.9 Å². The van der Waals surface area contributed by atoms with Gasteiger partial charge in [0.2, 0.25) is 0 Å². The maximum atomic E-state index is 12.9. The predicted octanol–water partition coefficient (Wildman–Crippen LogP) is 3.32. The molecule has 0 aliphatic heterocycles. The molecule has 1 aromatic carbocycles. The molecule has 25 heavy (non-hydrogen) atoms. The molecule has 6 heteroatoms. The number of hydrogen-bond acceptors (Lipinski definition) is 4. The summed E-state index contributed by atoms with van der Waals surface area (Å²) in [4.78, 5) is 30.4. The molecular formula is C19H21N5O. The lowest BCUT2D eigenvalue weighted by molar-refractivity contribution is 0.0739. The van der Waals surface area contributed by atoms with Crippen LogP contribution >= 0.6 is 0 Å². The molecule has 3 rings (SSSR count). The molecule has 2 aromatic heterocycles. The molecule has 0 saturated heterocycles. The first-order valence-corrected chi connectivity index (χ1v) is 8.14. The molecule has 0 saturated carbocycles. The summed E-state index contributed by atoms with van der Waals surface area (Å²) >= 11 is 0. The molecule has 0 spiro atoms. The van der Waals surface area contributed by atoms with Crippen LogP contribution in [-0.4, -0.2) is 37.8 Å². The second-order valence-electron chi connectivity index (χ2n) is 6.10. The number of carbonyl (C=O) groups is 1. The van der Waals surface area contributed by atoms with E-state index in [-0.39, 0.29) is 11.9 Å². The summed E-state index contributed by atoms with van der Waals surface area (Å²) in [5, 5.41) is 0. The maximum absolute atomic E-state index is 12.9. The van der Waals surface area contributed by atoms with Crippen molar-refractivity contribution in [2.75, 3.05) is 7.05 Å². The third kappa shape index (κ3) is 3.42. The third-order valence-corrected chi connectivity index (χ3v) is 4.32. The van der Waals surface area contributed by atoms with Crippen molar-refractivity contribution in [1.29, 1.82) is 0 Å². The standard InChI is InChI=1S/C19H21N5O/c1-12-18(23-14(3)22-12)15-6-5-7-16(10-15)19(25)24(4)13(2)17-8-9-20-11-21-17/h5-11,13H,1-4H3,(H,22,23)/t13-/m0/s1. The molecular weight excluding hydrogens is 314 g/mol. The summed E-state index contributed by atoms with van der Waals surface area (Å²) in [6.07, 6.45) is 3.17. The monoisotopic (exact) mass is 335 g/mol. The molecule has 128 valence electrons. The van der Waals surface area contributed by atoms with Crippen LogP contribution in [0, 0.1) is 13.8 Å². The summed E-state index contributed by atoms with van der Waals surface area (Å²) in [5.74, 6) is 0.802. The fraction of sp³-hybridized carbons (Fsp3) is 0.263. The topological polar surface area (TPSA) is 74.8 Å². The number of nitrogens with one attached hydrogen (secondary N) is 1. The van der Waals surface area contributed by atoms with Gasteiger partial charge in [-0.05, 0) is 39.0 Å². The average molecular weight is 335 g/mol. The summed E-state index contributed by atoms with van der Waals surface area (Å²) in [6, 6.07) is 9.23. The SMILES string of the molecule is Cc1nc(-c2cccc(C(=O)N(C)[C@@H](C)c3ccncn3)c2)c(C)[nH]1. The molecule has 0 aliphatic rings. The number of imidazole rings is 1. The third-order valence-electron chi connectivity index (χ3n) is 4.32. The van der Waals surface area contributed by atoms with Gasteiger partial charge in [0, 0.05) is 30.1 Å². The maximum Gasteiger partial charge on any atom is 0.254 e. The number of aryl methyl sites for hydroxylation is 2. The number of carbonyl (C=O) groups excluding carboxylic acids is 1. The molecule has 6 nitrogen and oxygen atoms in total. The zero-order valence-corrected chi connectivity index (χ0v) is 14.8. The number of aromatic amines is 1. The summed E-state index contributed by atoms with van der Waals surface area (Å²) < 4.78 is 0. The highest BCUT2D eigenvalue weighted by molar-refractivity contribution is 5.95. The van der Waals surface area contributed by atoms with Gasteiger partial charge in [0.1, 0.15) is 12.2 Å². The Labute approximate surface area is 147 Å². The number of H-pyrrole nitrogens is 1. The van der Waals surface area contributed by atoms with Crippen LogP contribution in [0.2, 0.25) is 0 Å². The van der Waals surface area contributed by atoms with Crippen LogP contribution in [0.5, 0.6) is 0 Å². The minimum absolute atomic E-state index is 0.0575. The molecule has 1 amide bonds. The van der Waals surface area contributed by atoms with E-state index >= 15 is 0 Å². The van der Waals surface area contributed by atoms with Gasteiger partial charge in [-0.1, -0.05) is 12.1 Å². The van der Waals surface area contributed by atoms with Gasteiger partial charge in [-0.25, -0.2) is 15.0 Å². The van der Waals surface area contributed by atoms with E-state index in [0.717, 1.165) is 28.5 Å². The van der Waals surface area contributed by atoms with E-state index in [9.17, 15) is 4.79 Å². The first-order valence-electron chi connectivity index (χ1n) is 8.14. The van der Waals surface area contributed by atoms with E-state index in [1.807, 2.05) is 51.1 Å². The average Bonchev–Trinajstić information content (AvgIpc) is 2.99. The molecule has 1 N–H and O–H groups in total. The van der Waals surface area contributed by atoms with Crippen LogP contribution in [0.3, 0.4) is 0 Å². The minimum atomic E-state index is -0.145. The number of amides is 1. The quantitative estimate of drug-likeness (QED) is 0.793. The summed E-state index contributed by atoms with van der Waals surface area (Å²) in [6.45, 7) is 5.85. The van der Waals surface area contributed by atoms with Gasteiger partial charge in [-0.15, -0.1) is 0 Å². The van der Waals surface area contributed by atoms with Gasteiger partial charge in [0.15, 0.2) is 0 Å². The number of hydrogen-bond donors (Lipinski definition) is 1. The Morgan fingerprint density at radius 3 is 2.68 bits per heavy atom. The lowest BCUT2D eigenvalue weighted by Gasteiger charge is -2.24. The molecule has 3 aromatic rings. The van der Waals surface area contributed by atoms with Crippen LogP contribution in [0.25, 0.3) is 11.3 Å². The van der Waals surface area contributed by atoms with E-state index in [1.54, 1.807) is 18.1 Å². The van der Waals surface area contributed by atoms with Crippen molar-refractivity contribution in [1.82, 2.24) is 24.8 Å². The second-order valence-corrected chi connectivity index (χ2v) is 6.10. The van der Waals surface area contributed by atoms with Crippen LogP contribution in [0.15, 0.2) is 42.9 Å². The van der Waals surface area contributed by atoms with Crippen molar-refractivity contribution in [3.8, 4) is 11.3 Å². The van der Waals surface area contributed by atoms with Gasteiger partial charge in [0.25, 0.3) is 5.91 Å². The van der Waals surface area contributed by atoms with Crippen LogP contribution in [0.4, 0.5) is 0 Å². The van der Waals surface area contributed by atoms with E-state index in [0.29, 0.717) is 5.56 Å². The fourth-order valence-electron chi connectivity index (χ4n) is 2.82. The van der Waals surface area contributed by atoms with Crippen molar-refractivity contribution in [3.05, 3.63) is 65.6 Å². The predicted molar refractivity (Wildman–Crippen MR) is 96.0 cm³/mol. The molecule has 0 aliphatic carbocycles. The molecule has 0 unspecified atom stereocenters. The second kappa shape index (κ2) is 6.84. The van der Waals surface area contributed by atoms with Gasteiger partial charge >= 0.3 is 0 Å². The summed E-state index contributed by atoms with van der Waals surface area (Å²) in [5.41, 5.74) is 4.22. The molecule has 0 fully saturated rings. The zero-order chi connectivity index (χ0) is 18.0. The zero-order valence-electron chi connectivity index (χ0n) is 14.8. The number of rotatable bonds is 4. The highest BCUT2D eigenvalue weighted by Gasteiger charge is 2.20. The lowest BCUT2D eigenvalue weighted by Crippen LogP contribution is -2.30. The Kier molecular flexibility index (Phi) is 4.61. The van der Waals surface area contributed by atoms with Crippen molar-refractivity contribution in [2.45, 2.75) is 26.8 Å². The Bertz CT molecular complexity index is 888. The van der Waals surface area contributed by atoms with Crippen LogP contribution in [0.1, 0.15) is 40.5 Å². The van der Waals surface area contributed by atoms with Crippen molar-refractivity contribution >= 4 is 5.91 Å². The minimum Gasteiger partial charge on any atom is -0.346 e. The normalized spacial score (nSPS) is 12.0. The van der Waals surface area contributed by atoms with E-state index in [1.165, 1.54) is 6.33 Å². The number of nitrogens with zero attached hydrogens (tertiary/aromatic N) is 4. The van der Waals surface area contributed by atoms with E-state index in [4.69, 9.17) is 0 Å². The van der Waals surface area contributed by atoms with Crippen molar-refractivity contribution in [3.63, 3.8) is 0 Å². The van der Waals surface area contributed by atoms with Crippen LogP contribution < -0.4 is 0 Å². The molecule has 1 atom stereocenters. The lowest BCUT2D eigenvalue weighted by atomic mass is 10.1. The first kappa shape index (κ1) is 16.8. The Morgan fingerprint density at radius 1 is 1.24 bits per heavy atom. The van der Waals surface area contributed by atoms with Crippen molar-refractivity contribution < 1.29 is 4.79 Å². The highest BCUT2D eigenvalue weighted by atomic mass is 16.2. The number of benzene rings is 1. The van der Waals surface area contributed by atoms with Gasteiger partial charge in [-0.3, -0.25) is 4.79 Å². The van der Waals surface area contributed by atoms with Gasteiger partial charge in [-0.2, -0.15) is 0 Å². The molecule has 2 heterocycles. The van der Waals surface area contributed by atoms with Crippen molar-refractivity contribution in [2.24, 2.45) is 0 Å². The van der Waals surface area contributed by atoms with Gasteiger partial charge in [0.05, 0.1) is 17.4 Å². The Hall–Kier alpha value is -3.02. The van der Waals surface area contributed by atoms with E-state index < -0.39 is 0 Å². The Morgan fingerprint density at radius 2 is 2.04 bits per heavy atom. The first-order chi connectivity index (χ1) is 12.0.